The van der Waals surface area contributed by atoms with Crippen LogP contribution in [0.15, 0.2) is 30.6 Å². The number of aromatic nitrogens is 2. The highest BCUT2D eigenvalue weighted by atomic mass is 15.0. The molecule has 0 radical (unpaired) electrons. The molecule has 100 valence electrons. The smallest absolute Gasteiger partial charge is 0.108 e. The SMILES string of the molecule is CCn1ccnc1CCc1cccc2c1NCCC2. The van der Waals surface area contributed by atoms with Crippen LogP contribution in [0, 0.1) is 0 Å². The summed E-state index contributed by atoms with van der Waals surface area (Å²) in [5, 5.41) is 3.56. The van der Waals surface area contributed by atoms with E-state index in [1.807, 2.05) is 6.20 Å². The van der Waals surface area contributed by atoms with Gasteiger partial charge in [-0.25, -0.2) is 4.98 Å². The summed E-state index contributed by atoms with van der Waals surface area (Å²) in [4.78, 5) is 4.46. The monoisotopic (exact) mass is 255 g/mol. The first kappa shape index (κ1) is 12.3. The number of fused-ring (bicyclic) bond motifs is 1. The molecule has 0 aliphatic carbocycles. The van der Waals surface area contributed by atoms with Crippen LogP contribution in [0.25, 0.3) is 0 Å². The predicted molar refractivity (Wildman–Crippen MR) is 78.6 cm³/mol. The Balaban J connectivity index is 1.77. The van der Waals surface area contributed by atoms with Gasteiger partial charge in [0.25, 0.3) is 0 Å². The summed E-state index contributed by atoms with van der Waals surface area (Å²) in [7, 11) is 0. The first-order valence-electron chi connectivity index (χ1n) is 7.23. The summed E-state index contributed by atoms with van der Waals surface area (Å²) in [5.41, 5.74) is 4.29. The highest BCUT2D eigenvalue weighted by Crippen LogP contribution is 2.26. The molecule has 0 bridgehead atoms. The van der Waals surface area contributed by atoms with Gasteiger partial charge in [0.15, 0.2) is 0 Å². The van der Waals surface area contributed by atoms with E-state index in [-0.39, 0.29) is 0 Å². The average molecular weight is 255 g/mol. The number of hydrogen-bond acceptors (Lipinski definition) is 2. The number of nitrogens with one attached hydrogen (secondary N) is 1. The highest BCUT2D eigenvalue weighted by Gasteiger charge is 2.12. The maximum Gasteiger partial charge on any atom is 0.108 e. The fourth-order valence-electron chi connectivity index (χ4n) is 2.89. The fourth-order valence-corrected chi connectivity index (χ4v) is 2.89. The number of aryl methyl sites for hydroxylation is 4. The molecule has 0 spiro atoms. The van der Waals surface area contributed by atoms with E-state index < -0.39 is 0 Å². The van der Waals surface area contributed by atoms with Crippen molar-refractivity contribution in [2.75, 3.05) is 11.9 Å². The molecule has 1 aliphatic heterocycles. The van der Waals surface area contributed by atoms with Crippen LogP contribution in [0.2, 0.25) is 0 Å². The van der Waals surface area contributed by atoms with Crippen molar-refractivity contribution in [3.8, 4) is 0 Å². The van der Waals surface area contributed by atoms with E-state index >= 15 is 0 Å². The van der Waals surface area contributed by atoms with Crippen molar-refractivity contribution in [1.82, 2.24) is 9.55 Å². The molecule has 3 rings (SSSR count). The molecule has 0 saturated heterocycles. The Morgan fingerprint density at radius 2 is 2.26 bits per heavy atom. The lowest BCUT2D eigenvalue weighted by atomic mass is 9.97. The third kappa shape index (κ3) is 2.50. The van der Waals surface area contributed by atoms with E-state index in [0.717, 1.165) is 25.9 Å². The Morgan fingerprint density at radius 3 is 3.16 bits per heavy atom. The molecule has 0 amide bonds. The highest BCUT2D eigenvalue weighted by molar-refractivity contribution is 5.59. The van der Waals surface area contributed by atoms with Gasteiger partial charge in [-0.2, -0.15) is 0 Å². The number of para-hydroxylation sites is 1. The molecule has 0 fully saturated rings. The van der Waals surface area contributed by atoms with E-state index in [9.17, 15) is 0 Å². The minimum Gasteiger partial charge on any atom is -0.385 e. The molecule has 2 aromatic rings. The molecule has 1 aromatic carbocycles. The molecule has 1 aromatic heterocycles. The van der Waals surface area contributed by atoms with Crippen molar-refractivity contribution < 1.29 is 0 Å². The lowest BCUT2D eigenvalue weighted by molar-refractivity contribution is 0.688. The van der Waals surface area contributed by atoms with E-state index in [1.165, 1.54) is 35.5 Å². The molecular formula is C16H21N3. The maximum atomic E-state index is 4.46. The van der Waals surface area contributed by atoms with Gasteiger partial charge in [0.2, 0.25) is 0 Å². The Morgan fingerprint density at radius 1 is 1.32 bits per heavy atom. The van der Waals surface area contributed by atoms with Gasteiger partial charge in [0.05, 0.1) is 0 Å². The Labute approximate surface area is 114 Å². The van der Waals surface area contributed by atoms with Crippen LogP contribution in [-0.2, 0) is 25.8 Å². The first-order chi connectivity index (χ1) is 9.38. The summed E-state index contributed by atoms with van der Waals surface area (Å²) in [6, 6.07) is 6.68. The summed E-state index contributed by atoms with van der Waals surface area (Å²) in [6.07, 6.45) is 8.49. The second-order valence-corrected chi connectivity index (χ2v) is 5.11. The predicted octanol–water partition coefficient (Wildman–Crippen LogP) is 3.05. The van der Waals surface area contributed by atoms with Crippen molar-refractivity contribution in [2.24, 2.45) is 0 Å². The molecule has 19 heavy (non-hydrogen) atoms. The summed E-state index contributed by atoms with van der Waals surface area (Å²) in [6.45, 7) is 4.27. The minimum atomic E-state index is 1.00. The van der Waals surface area contributed by atoms with Crippen molar-refractivity contribution in [1.29, 1.82) is 0 Å². The first-order valence-corrected chi connectivity index (χ1v) is 7.23. The Kier molecular flexibility index (Phi) is 3.53. The van der Waals surface area contributed by atoms with Gasteiger partial charge in [0, 0.05) is 37.6 Å². The van der Waals surface area contributed by atoms with Gasteiger partial charge >= 0.3 is 0 Å². The molecule has 1 aliphatic rings. The standard InChI is InChI=1S/C16H21N3/c1-2-19-12-11-17-15(19)9-8-14-6-3-5-13-7-4-10-18-16(13)14/h3,5-6,11-12,18H,2,4,7-10H2,1H3. The van der Waals surface area contributed by atoms with Crippen LogP contribution in [0.3, 0.4) is 0 Å². The largest absolute Gasteiger partial charge is 0.385 e. The normalized spacial score (nSPS) is 13.9. The average Bonchev–Trinajstić information content (AvgIpc) is 2.92. The van der Waals surface area contributed by atoms with Gasteiger partial charge in [-0.1, -0.05) is 18.2 Å². The van der Waals surface area contributed by atoms with Crippen molar-refractivity contribution in [2.45, 2.75) is 39.2 Å². The second kappa shape index (κ2) is 5.47. The summed E-state index contributed by atoms with van der Waals surface area (Å²) in [5.74, 6) is 1.19. The number of rotatable bonds is 4. The molecule has 2 heterocycles. The van der Waals surface area contributed by atoms with Crippen molar-refractivity contribution >= 4 is 5.69 Å². The van der Waals surface area contributed by atoms with Crippen LogP contribution in [0.5, 0.6) is 0 Å². The number of hydrogen-bond donors (Lipinski definition) is 1. The Hall–Kier alpha value is -1.77. The van der Waals surface area contributed by atoms with Gasteiger partial charge < -0.3 is 9.88 Å². The van der Waals surface area contributed by atoms with Crippen LogP contribution < -0.4 is 5.32 Å². The number of anilines is 1. The van der Waals surface area contributed by atoms with Crippen LogP contribution in [0.4, 0.5) is 5.69 Å². The molecule has 3 heteroatoms. The maximum absolute atomic E-state index is 4.46. The minimum absolute atomic E-state index is 1.00. The molecule has 1 N–H and O–H groups in total. The van der Waals surface area contributed by atoms with E-state index in [2.05, 4.69) is 46.2 Å². The van der Waals surface area contributed by atoms with E-state index in [1.54, 1.807) is 0 Å². The van der Waals surface area contributed by atoms with E-state index in [0.29, 0.717) is 0 Å². The second-order valence-electron chi connectivity index (χ2n) is 5.11. The van der Waals surface area contributed by atoms with Crippen LogP contribution in [-0.4, -0.2) is 16.1 Å². The molecule has 0 saturated carbocycles. The fraction of sp³-hybridized carbons (Fsp3) is 0.438. The number of benzene rings is 1. The number of nitrogens with zero attached hydrogens (tertiary/aromatic N) is 2. The zero-order chi connectivity index (χ0) is 13.1. The van der Waals surface area contributed by atoms with Gasteiger partial charge in [-0.05, 0) is 37.3 Å². The van der Waals surface area contributed by atoms with Crippen molar-refractivity contribution in [3.05, 3.63) is 47.5 Å². The molecular weight excluding hydrogens is 234 g/mol. The third-order valence-corrected chi connectivity index (χ3v) is 3.92. The van der Waals surface area contributed by atoms with Gasteiger partial charge in [-0.3, -0.25) is 0 Å². The zero-order valence-electron chi connectivity index (χ0n) is 11.5. The lowest BCUT2D eigenvalue weighted by Crippen LogP contribution is -2.14. The lowest BCUT2D eigenvalue weighted by Gasteiger charge is -2.21. The van der Waals surface area contributed by atoms with Crippen molar-refractivity contribution in [3.63, 3.8) is 0 Å². The third-order valence-electron chi connectivity index (χ3n) is 3.92. The zero-order valence-corrected chi connectivity index (χ0v) is 11.5. The quantitative estimate of drug-likeness (QED) is 0.910. The van der Waals surface area contributed by atoms with Crippen LogP contribution in [0.1, 0.15) is 30.3 Å². The van der Waals surface area contributed by atoms with Gasteiger partial charge in [-0.15, -0.1) is 0 Å². The molecule has 0 atom stereocenters. The Bertz CT molecular complexity index is 557. The summed E-state index contributed by atoms with van der Waals surface area (Å²) < 4.78 is 2.23. The molecule has 3 nitrogen and oxygen atoms in total. The number of imidazole rings is 1. The van der Waals surface area contributed by atoms with Gasteiger partial charge in [0.1, 0.15) is 5.82 Å². The molecule has 0 unspecified atom stereocenters. The van der Waals surface area contributed by atoms with Crippen LogP contribution >= 0.6 is 0 Å². The van der Waals surface area contributed by atoms with E-state index in [4.69, 9.17) is 0 Å². The summed E-state index contributed by atoms with van der Waals surface area (Å²) >= 11 is 0. The topological polar surface area (TPSA) is 29.9 Å².